The van der Waals surface area contributed by atoms with Crippen LogP contribution < -0.4 is 10.6 Å². The molecule has 1 heterocycles. The highest BCUT2D eigenvalue weighted by molar-refractivity contribution is 5.75. The van der Waals surface area contributed by atoms with E-state index < -0.39 is 18.2 Å². The highest BCUT2D eigenvalue weighted by Gasteiger charge is 2.27. The zero-order valence-electron chi connectivity index (χ0n) is 15.5. The van der Waals surface area contributed by atoms with E-state index in [0.717, 1.165) is 16.8 Å². The van der Waals surface area contributed by atoms with E-state index in [1.807, 2.05) is 73.7 Å². The topological polar surface area (TPSA) is 83.7 Å². The molecule has 1 aromatic heterocycles. The van der Waals surface area contributed by atoms with Gasteiger partial charge in [-0.2, -0.15) is 0 Å². The van der Waals surface area contributed by atoms with Gasteiger partial charge in [0.1, 0.15) is 12.4 Å². The third-order valence-electron chi connectivity index (χ3n) is 4.15. The molecule has 28 heavy (non-hydrogen) atoms. The quantitative estimate of drug-likeness (QED) is 0.478. The number of pyridine rings is 1. The molecule has 2 aromatic carbocycles. The maximum Gasteiger partial charge on any atom is 0.341 e. The number of benzene rings is 2. The van der Waals surface area contributed by atoms with Crippen molar-refractivity contribution in [2.24, 2.45) is 5.90 Å². The molecule has 0 spiro atoms. The highest BCUT2D eigenvalue weighted by atomic mass is 16.7. The van der Waals surface area contributed by atoms with Gasteiger partial charge < -0.3 is 9.47 Å². The van der Waals surface area contributed by atoms with Crippen molar-refractivity contribution in [3.8, 4) is 5.75 Å². The number of aryl methyl sites for hydroxylation is 1. The fraction of sp³-hybridized carbons (Fsp3) is 0.182. The molecule has 0 fully saturated rings. The molecule has 0 aliphatic carbocycles. The maximum atomic E-state index is 12.7. The first kappa shape index (κ1) is 19.5. The van der Waals surface area contributed by atoms with Gasteiger partial charge in [-0.25, -0.2) is 10.7 Å². The second-order valence-electron chi connectivity index (χ2n) is 6.21. The van der Waals surface area contributed by atoms with Crippen LogP contribution in [-0.2, 0) is 14.4 Å². The predicted octanol–water partition coefficient (Wildman–Crippen LogP) is 3.36. The van der Waals surface area contributed by atoms with Gasteiger partial charge in [0.2, 0.25) is 6.10 Å². The molecule has 144 valence electrons. The SMILES string of the molecule is Cc1ccc(OCC(ON)C(=O)OC(c2ccccc2)c2ccccc2)cn1. The molecular formula is C22H22N2O4. The molecule has 0 saturated carbocycles. The molecule has 6 heteroatoms. The molecule has 6 nitrogen and oxygen atoms in total. The molecule has 2 N–H and O–H groups in total. The van der Waals surface area contributed by atoms with Crippen molar-refractivity contribution in [3.05, 3.63) is 95.8 Å². The number of aromatic nitrogens is 1. The molecule has 0 amide bonds. The average molecular weight is 378 g/mol. The summed E-state index contributed by atoms with van der Waals surface area (Å²) in [6.45, 7) is 1.79. The van der Waals surface area contributed by atoms with Gasteiger partial charge in [0.25, 0.3) is 0 Å². The van der Waals surface area contributed by atoms with E-state index in [4.69, 9.17) is 20.2 Å². The van der Waals surface area contributed by atoms with Gasteiger partial charge in [-0.1, -0.05) is 60.7 Å². The summed E-state index contributed by atoms with van der Waals surface area (Å²) in [5.41, 5.74) is 2.56. The summed E-state index contributed by atoms with van der Waals surface area (Å²) in [6, 6.07) is 22.6. The lowest BCUT2D eigenvalue weighted by molar-refractivity contribution is -0.163. The van der Waals surface area contributed by atoms with Crippen molar-refractivity contribution in [2.45, 2.75) is 19.1 Å². The minimum Gasteiger partial charge on any atom is -0.489 e. The summed E-state index contributed by atoms with van der Waals surface area (Å²) in [5, 5.41) is 0. The van der Waals surface area contributed by atoms with E-state index in [2.05, 4.69) is 4.98 Å². The van der Waals surface area contributed by atoms with Gasteiger partial charge in [0.05, 0.1) is 6.20 Å². The van der Waals surface area contributed by atoms with Crippen LogP contribution in [0.15, 0.2) is 79.0 Å². The molecule has 0 aliphatic heterocycles. The van der Waals surface area contributed by atoms with Gasteiger partial charge in [-0.3, -0.25) is 9.82 Å². The number of hydrogen-bond acceptors (Lipinski definition) is 6. The Labute approximate surface area is 163 Å². The van der Waals surface area contributed by atoms with Crippen molar-refractivity contribution in [1.29, 1.82) is 0 Å². The Bertz CT molecular complexity index is 831. The van der Waals surface area contributed by atoms with Gasteiger partial charge >= 0.3 is 5.97 Å². The van der Waals surface area contributed by atoms with E-state index in [1.54, 1.807) is 12.3 Å². The molecule has 0 saturated heterocycles. The minimum absolute atomic E-state index is 0.0869. The van der Waals surface area contributed by atoms with Crippen molar-refractivity contribution in [3.63, 3.8) is 0 Å². The molecule has 0 aliphatic rings. The zero-order valence-corrected chi connectivity index (χ0v) is 15.5. The Morgan fingerprint density at radius 1 is 0.964 bits per heavy atom. The number of nitrogens with two attached hydrogens (primary N) is 1. The Balaban J connectivity index is 1.71. The lowest BCUT2D eigenvalue weighted by Crippen LogP contribution is -2.35. The molecule has 1 unspecified atom stereocenters. The number of carbonyl (C=O) groups is 1. The van der Waals surface area contributed by atoms with Crippen LogP contribution in [0, 0.1) is 6.92 Å². The summed E-state index contributed by atoms with van der Waals surface area (Å²) in [5.74, 6) is 5.22. The van der Waals surface area contributed by atoms with Gasteiger partial charge in [0, 0.05) is 5.69 Å². The van der Waals surface area contributed by atoms with Crippen LogP contribution in [-0.4, -0.2) is 23.7 Å². The van der Waals surface area contributed by atoms with Crippen LogP contribution in [0.1, 0.15) is 22.9 Å². The molecule has 3 rings (SSSR count). The summed E-state index contributed by atoms with van der Waals surface area (Å²) in [7, 11) is 0. The number of hydrogen-bond donors (Lipinski definition) is 1. The summed E-state index contributed by atoms with van der Waals surface area (Å²) < 4.78 is 11.3. The Kier molecular flexibility index (Phi) is 6.73. The number of nitrogens with zero attached hydrogens (tertiary/aromatic N) is 1. The number of ether oxygens (including phenoxy) is 2. The predicted molar refractivity (Wildman–Crippen MR) is 104 cm³/mol. The first-order valence-corrected chi connectivity index (χ1v) is 8.88. The summed E-state index contributed by atoms with van der Waals surface area (Å²) in [6.07, 6.45) is -0.0739. The van der Waals surface area contributed by atoms with Crippen LogP contribution in [0.3, 0.4) is 0 Å². The standard InChI is InChI=1S/C22H22N2O4/c1-16-12-13-19(14-24-16)26-15-20(28-23)22(25)27-21(17-8-4-2-5-9-17)18-10-6-3-7-11-18/h2-14,20-21H,15,23H2,1H3. The van der Waals surface area contributed by atoms with Crippen molar-refractivity contribution < 1.29 is 19.1 Å². The zero-order chi connectivity index (χ0) is 19.8. The summed E-state index contributed by atoms with van der Waals surface area (Å²) >= 11 is 0. The van der Waals surface area contributed by atoms with E-state index in [-0.39, 0.29) is 6.61 Å². The smallest absolute Gasteiger partial charge is 0.341 e. The van der Waals surface area contributed by atoms with E-state index in [9.17, 15) is 4.79 Å². The minimum atomic E-state index is -1.07. The normalized spacial score (nSPS) is 11.8. The van der Waals surface area contributed by atoms with Crippen molar-refractivity contribution in [1.82, 2.24) is 4.98 Å². The van der Waals surface area contributed by atoms with Crippen molar-refractivity contribution in [2.75, 3.05) is 6.61 Å². The maximum absolute atomic E-state index is 12.7. The third-order valence-corrected chi connectivity index (χ3v) is 4.15. The van der Waals surface area contributed by atoms with Crippen LogP contribution in [0.25, 0.3) is 0 Å². The first-order valence-electron chi connectivity index (χ1n) is 8.88. The second kappa shape index (κ2) is 9.64. The fourth-order valence-corrected chi connectivity index (χ4v) is 2.65. The van der Waals surface area contributed by atoms with Gasteiger partial charge in [0.15, 0.2) is 6.10 Å². The van der Waals surface area contributed by atoms with Crippen LogP contribution in [0.5, 0.6) is 5.75 Å². The molecular weight excluding hydrogens is 356 g/mol. The lowest BCUT2D eigenvalue weighted by atomic mass is 10.0. The largest absolute Gasteiger partial charge is 0.489 e. The number of carbonyl (C=O) groups excluding carboxylic acids is 1. The highest BCUT2D eigenvalue weighted by Crippen LogP contribution is 2.26. The summed E-state index contributed by atoms with van der Waals surface area (Å²) in [4.78, 5) is 21.6. The van der Waals surface area contributed by atoms with Crippen LogP contribution in [0.2, 0.25) is 0 Å². The molecule has 0 radical (unpaired) electrons. The second-order valence-corrected chi connectivity index (χ2v) is 6.21. The third kappa shape index (κ3) is 5.16. The Morgan fingerprint density at radius 2 is 1.57 bits per heavy atom. The number of rotatable bonds is 8. The first-order chi connectivity index (χ1) is 13.7. The van der Waals surface area contributed by atoms with Gasteiger partial charge in [-0.15, -0.1) is 0 Å². The molecule has 1 atom stereocenters. The Morgan fingerprint density at radius 3 is 2.07 bits per heavy atom. The van der Waals surface area contributed by atoms with Crippen LogP contribution in [0.4, 0.5) is 0 Å². The fourth-order valence-electron chi connectivity index (χ4n) is 2.65. The van der Waals surface area contributed by atoms with E-state index in [1.165, 1.54) is 0 Å². The molecule has 3 aromatic rings. The number of esters is 1. The lowest BCUT2D eigenvalue weighted by Gasteiger charge is -2.22. The monoisotopic (exact) mass is 378 g/mol. The Hall–Kier alpha value is -3.22. The van der Waals surface area contributed by atoms with E-state index >= 15 is 0 Å². The van der Waals surface area contributed by atoms with Gasteiger partial charge in [-0.05, 0) is 30.2 Å². The van der Waals surface area contributed by atoms with Crippen molar-refractivity contribution >= 4 is 5.97 Å². The average Bonchev–Trinajstić information content (AvgIpc) is 2.75. The van der Waals surface area contributed by atoms with Crippen LogP contribution >= 0.6 is 0 Å². The van der Waals surface area contributed by atoms with E-state index in [0.29, 0.717) is 5.75 Å². The molecule has 0 bridgehead atoms.